The Morgan fingerprint density at radius 2 is 1.46 bits per heavy atom. The monoisotopic (exact) mass is 226 g/mol. The number of rotatable bonds is 6. The van der Waals surface area contributed by atoms with Gasteiger partial charge in [-0.2, -0.15) is 8.78 Å². The zero-order valence-electron chi connectivity index (χ0n) is 7.55. The fourth-order valence-corrected chi connectivity index (χ4v) is 1.60. The quantitative estimate of drug-likeness (QED) is 0.605. The van der Waals surface area contributed by atoms with Crippen molar-refractivity contribution in [3.05, 3.63) is 22.5 Å². The van der Waals surface area contributed by atoms with Gasteiger partial charge in [0.25, 0.3) is 0 Å². The van der Waals surface area contributed by atoms with Gasteiger partial charge in [-0.25, -0.2) is 3.63 Å². The molecular weight excluding hydrogens is 214 g/mol. The van der Waals surface area contributed by atoms with Gasteiger partial charge in [0.15, 0.2) is 10.3 Å². The molecule has 0 aromatic carbocycles. The normalized spacial score (nSPS) is 13.5. The second kappa shape index (κ2) is 8.59. The second-order valence-electron chi connectivity index (χ2n) is 2.07. The second-order valence-corrected chi connectivity index (χ2v) is 3.73. The van der Waals surface area contributed by atoms with Crippen molar-refractivity contribution in [3.63, 3.8) is 0 Å². The first kappa shape index (κ1) is 13.0. The third-order valence-electron chi connectivity index (χ3n) is 0.956. The molecule has 0 spiro atoms. The third-order valence-corrected chi connectivity index (χ3v) is 2.15. The summed E-state index contributed by atoms with van der Waals surface area (Å²) in [6.07, 6.45) is 3.93. The van der Waals surface area contributed by atoms with E-state index < -0.39 is 10.3 Å². The topological polar surface area (TPSA) is 9.23 Å². The van der Waals surface area contributed by atoms with Crippen LogP contribution in [0.2, 0.25) is 0 Å². The number of allylic oxidation sites excluding steroid dienone is 2. The van der Waals surface area contributed by atoms with Crippen LogP contribution in [0.3, 0.4) is 0 Å². The van der Waals surface area contributed by atoms with Crippen molar-refractivity contribution in [2.24, 2.45) is 0 Å². The van der Waals surface area contributed by atoms with E-state index in [0.717, 1.165) is 0 Å². The first-order valence-corrected chi connectivity index (χ1v) is 5.41. The summed E-state index contributed by atoms with van der Waals surface area (Å²) >= 11 is 1.06. The lowest BCUT2D eigenvalue weighted by Gasteiger charge is -1.95. The lowest BCUT2D eigenvalue weighted by Crippen LogP contribution is -1.69. The number of hydrogen-bond donors (Lipinski definition) is 0. The zero-order chi connectivity index (χ0) is 10.1. The van der Waals surface area contributed by atoms with Crippen LogP contribution in [0.25, 0.3) is 0 Å². The molecule has 0 radical (unpaired) electrons. The van der Waals surface area contributed by atoms with E-state index in [1.807, 2.05) is 13.8 Å². The van der Waals surface area contributed by atoms with Gasteiger partial charge < -0.3 is 0 Å². The van der Waals surface area contributed by atoms with Crippen LogP contribution in [0.1, 0.15) is 26.7 Å². The highest BCUT2D eigenvalue weighted by molar-refractivity contribution is 8.11. The van der Waals surface area contributed by atoms with Crippen molar-refractivity contribution in [1.29, 1.82) is 0 Å². The molecule has 0 unspecified atom stereocenters. The Bertz CT molecular complexity index is 173. The number of hydrogen-bond acceptors (Lipinski definition) is 3. The summed E-state index contributed by atoms with van der Waals surface area (Å²) in [7, 11) is 0. The first-order valence-electron chi connectivity index (χ1n) is 3.93. The molecule has 0 aromatic rings. The standard InChI is InChI=1S/C8H12F2OS2/c1-3-5-7(9)12-11-13-8(10)6-4-2/h5-6H,3-4H2,1-2H3/b7-5+,8-6+. The van der Waals surface area contributed by atoms with Crippen LogP contribution in [0.5, 0.6) is 0 Å². The van der Waals surface area contributed by atoms with E-state index in [1.165, 1.54) is 12.2 Å². The molecule has 76 valence electrons. The Balaban J connectivity index is 3.56. The molecule has 0 rings (SSSR count). The van der Waals surface area contributed by atoms with Crippen molar-refractivity contribution in [2.45, 2.75) is 26.7 Å². The van der Waals surface area contributed by atoms with Crippen molar-refractivity contribution >= 4 is 24.1 Å². The molecule has 13 heavy (non-hydrogen) atoms. The first-order chi connectivity index (χ1) is 6.20. The maximum absolute atomic E-state index is 12.6. The van der Waals surface area contributed by atoms with Gasteiger partial charge in [0.05, 0.1) is 24.1 Å². The predicted molar refractivity (Wildman–Crippen MR) is 55.2 cm³/mol. The molecule has 0 fully saturated rings. The molecular formula is C8H12F2OS2. The van der Waals surface area contributed by atoms with Crippen LogP contribution >= 0.6 is 24.1 Å². The van der Waals surface area contributed by atoms with E-state index in [0.29, 0.717) is 36.9 Å². The van der Waals surface area contributed by atoms with Gasteiger partial charge in [-0.1, -0.05) is 13.8 Å². The molecule has 0 amide bonds. The predicted octanol–water partition coefficient (Wildman–Crippen LogP) is 4.74. The Kier molecular flexibility index (Phi) is 8.59. The summed E-state index contributed by atoms with van der Waals surface area (Å²) in [6.45, 7) is 3.62. The molecule has 5 heteroatoms. The summed E-state index contributed by atoms with van der Waals surface area (Å²) in [5.74, 6) is 0. The molecule has 0 saturated heterocycles. The molecule has 0 aliphatic heterocycles. The molecule has 0 bridgehead atoms. The summed E-state index contributed by atoms with van der Waals surface area (Å²) in [6, 6.07) is 0. The third kappa shape index (κ3) is 8.33. The summed E-state index contributed by atoms with van der Waals surface area (Å²) in [5.41, 5.74) is 0. The summed E-state index contributed by atoms with van der Waals surface area (Å²) < 4.78 is 29.8. The summed E-state index contributed by atoms with van der Waals surface area (Å²) in [4.78, 5) is 0. The minimum absolute atomic E-state index is 0.445. The minimum Gasteiger partial charge on any atom is -0.232 e. The van der Waals surface area contributed by atoms with Crippen LogP contribution in [0, 0.1) is 0 Å². The van der Waals surface area contributed by atoms with Gasteiger partial charge in [0.1, 0.15) is 0 Å². The summed E-state index contributed by atoms with van der Waals surface area (Å²) in [5, 5.41) is -0.890. The Morgan fingerprint density at radius 3 is 1.77 bits per heavy atom. The highest BCUT2D eigenvalue weighted by Crippen LogP contribution is 2.29. The SMILES string of the molecule is CC/C=C(\F)SOS/C(F)=C/CC. The van der Waals surface area contributed by atoms with Gasteiger partial charge in [-0.15, -0.1) is 0 Å². The van der Waals surface area contributed by atoms with Crippen LogP contribution in [0.4, 0.5) is 8.78 Å². The molecule has 0 atom stereocenters. The van der Waals surface area contributed by atoms with Crippen LogP contribution in [0.15, 0.2) is 22.5 Å². The largest absolute Gasteiger partial charge is 0.232 e. The van der Waals surface area contributed by atoms with Crippen LogP contribution < -0.4 is 0 Å². The van der Waals surface area contributed by atoms with Crippen LogP contribution in [-0.2, 0) is 3.63 Å². The maximum Gasteiger partial charge on any atom is 0.180 e. The molecule has 0 heterocycles. The smallest absolute Gasteiger partial charge is 0.180 e. The Hall–Kier alpha value is -0.0000000000000000555. The molecule has 0 saturated carbocycles. The number of halogens is 2. The Labute approximate surface area is 86.0 Å². The molecule has 1 nitrogen and oxygen atoms in total. The van der Waals surface area contributed by atoms with Crippen LogP contribution in [-0.4, -0.2) is 0 Å². The fraction of sp³-hybridized carbons (Fsp3) is 0.500. The maximum atomic E-state index is 12.6. The Morgan fingerprint density at radius 1 is 1.08 bits per heavy atom. The van der Waals surface area contributed by atoms with E-state index in [4.69, 9.17) is 0 Å². The highest BCUT2D eigenvalue weighted by Gasteiger charge is 2.00. The lowest BCUT2D eigenvalue weighted by atomic mass is 10.5. The lowest BCUT2D eigenvalue weighted by molar-refractivity contribution is 0.652. The van der Waals surface area contributed by atoms with Crippen molar-refractivity contribution in [2.75, 3.05) is 0 Å². The van der Waals surface area contributed by atoms with E-state index in [9.17, 15) is 8.78 Å². The van der Waals surface area contributed by atoms with Crippen molar-refractivity contribution < 1.29 is 12.4 Å². The van der Waals surface area contributed by atoms with Crippen molar-refractivity contribution in [1.82, 2.24) is 0 Å². The van der Waals surface area contributed by atoms with Gasteiger partial charge in [0, 0.05) is 0 Å². The highest BCUT2D eigenvalue weighted by atomic mass is 32.2. The van der Waals surface area contributed by atoms with Gasteiger partial charge in [-0.05, 0) is 25.0 Å². The zero-order valence-corrected chi connectivity index (χ0v) is 9.18. The van der Waals surface area contributed by atoms with Gasteiger partial charge in [0.2, 0.25) is 0 Å². The average molecular weight is 226 g/mol. The molecule has 0 aliphatic carbocycles. The van der Waals surface area contributed by atoms with Gasteiger partial charge in [-0.3, -0.25) is 0 Å². The molecule has 0 N–H and O–H groups in total. The van der Waals surface area contributed by atoms with E-state index in [-0.39, 0.29) is 0 Å². The molecule has 0 aliphatic rings. The van der Waals surface area contributed by atoms with Gasteiger partial charge >= 0.3 is 0 Å². The molecule has 0 aromatic heterocycles. The van der Waals surface area contributed by atoms with E-state index in [1.54, 1.807) is 0 Å². The van der Waals surface area contributed by atoms with E-state index >= 15 is 0 Å². The average Bonchev–Trinajstić information content (AvgIpc) is 2.05. The van der Waals surface area contributed by atoms with Crippen molar-refractivity contribution in [3.8, 4) is 0 Å². The minimum atomic E-state index is -0.445. The fourth-order valence-electron chi connectivity index (χ4n) is 0.471. The van der Waals surface area contributed by atoms with E-state index in [2.05, 4.69) is 3.63 Å².